The summed E-state index contributed by atoms with van der Waals surface area (Å²) >= 11 is 0. The van der Waals surface area contributed by atoms with E-state index in [9.17, 15) is 0 Å². The number of pyridine rings is 1. The molecule has 3 nitrogen and oxygen atoms in total. The molecule has 2 N–H and O–H groups in total. The van der Waals surface area contributed by atoms with Crippen LogP contribution in [0.3, 0.4) is 0 Å². The number of nitrogens with one attached hydrogen (secondary N) is 2. The molecule has 138 valence electrons. The van der Waals surface area contributed by atoms with E-state index in [1.54, 1.807) is 0 Å². The number of nitrogens with zero attached hydrogens (tertiary/aromatic N) is 1. The van der Waals surface area contributed by atoms with Crippen molar-refractivity contribution in [2.45, 2.75) is 19.9 Å². The summed E-state index contributed by atoms with van der Waals surface area (Å²) in [6.45, 7) is 2.96. The predicted molar refractivity (Wildman–Crippen MR) is 115 cm³/mol. The van der Waals surface area contributed by atoms with E-state index in [1.807, 2.05) is 0 Å². The molecule has 28 heavy (non-hydrogen) atoms. The van der Waals surface area contributed by atoms with Gasteiger partial charge in [-0.2, -0.15) is 4.57 Å². The van der Waals surface area contributed by atoms with E-state index < -0.39 is 0 Å². The second-order valence-electron chi connectivity index (χ2n) is 7.54. The lowest BCUT2D eigenvalue weighted by Crippen LogP contribution is -2.33. The Morgan fingerprint density at radius 1 is 0.821 bits per heavy atom. The first-order valence-corrected chi connectivity index (χ1v) is 9.79. The summed E-state index contributed by atoms with van der Waals surface area (Å²) in [5.41, 5.74) is 16.1. The van der Waals surface area contributed by atoms with Gasteiger partial charge >= 0.3 is 0 Å². The molecule has 0 atom stereocenters. The smallest absolute Gasteiger partial charge is 0.213 e. The third kappa shape index (κ3) is 2.67. The fourth-order valence-electron chi connectivity index (χ4n) is 4.43. The van der Waals surface area contributed by atoms with E-state index in [-0.39, 0.29) is 0 Å². The fraction of sp³-hybridized carbons (Fsp3) is 0.160. The van der Waals surface area contributed by atoms with Gasteiger partial charge in [-0.25, -0.2) is 5.43 Å². The molecule has 1 heterocycles. The predicted octanol–water partition coefficient (Wildman–Crippen LogP) is 4.40. The van der Waals surface area contributed by atoms with Crippen LogP contribution in [0.5, 0.6) is 0 Å². The molecule has 0 radical (unpaired) electrons. The molecule has 1 aliphatic carbocycles. The number of aromatic nitrogens is 1. The highest BCUT2D eigenvalue weighted by Crippen LogP contribution is 2.30. The number of aryl methyl sites for hydroxylation is 1. The van der Waals surface area contributed by atoms with E-state index in [0.717, 1.165) is 13.0 Å². The summed E-state index contributed by atoms with van der Waals surface area (Å²) < 4.78 is 2.28. The molecule has 5 rings (SSSR count). The second-order valence-corrected chi connectivity index (χ2v) is 7.54. The molecule has 0 fully saturated rings. The van der Waals surface area contributed by atoms with E-state index in [1.165, 1.54) is 49.8 Å². The Kier molecular flexibility index (Phi) is 4.10. The first-order valence-electron chi connectivity index (χ1n) is 9.79. The SMILES string of the molecule is CC1=C(NNCc2c3ccccc3[n+](C)c3ccccc23)c2ccccc2C1. The molecule has 3 heteroatoms. The standard InChI is InChI=1S/C25H24N3/c1-17-15-18-9-3-4-10-19(18)25(17)27-26-16-22-20-11-5-7-13-23(20)28(2)24-14-8-6-12-21(22)24/h3-14,26-27H,15-16H2,1-2H3/q+1. The lowest BCUT2D eigenvalue weighted by molar-refractivity contribution is -0.617. The van der Waals surface area contributed by atoms with E-state index in [2.05, 4.69) is 102 Å². The van der Waals surface area contributed by atoms with Crippen molar-refractivity contribution in [2.75, 3.05) is 0 Å². The van der Waals surface area contributed by atoms with Crippen LogP contribution in [0.25, 0.3) is 27.5 Å². The Bertz CT molecular complexity index is 1180. The number of rotatable bonds is 4. The summed E-state index contributed by atoms with van der Waals surface area (Å²) in [6.07, 6.45) is 1.02. The highest BCUT2D eigenvalue weighted by atomic mass is 15.4. The first kappa shape index (κ1) is 17.0. The molecule has 0 bridgehead atoms. The first-order chi connectivity index (χ1) is 13.7. The van der Waals surface area contributed by atoms with Crippen LogP contribution in [-0.2, 0) is 20.0 Å². The fourth-order valence-corrected chi connectivity index (χ4v) is 4.43. The number of hydrogen-bond donors (Lipinski definition) is 2. The number of allylic oxidation sites excluding steroid dienone is 1. The average molecular weight is 366 g/mol. The van der Waals surface area contributed by atoms with Crippen molar-refractivity contribution in [3.05, 3.63) is 95.1 Å². The number of hydrazine groups is 1. The molecule has 0 unspecified atom stereocenters. The molecule has 0 spiro atoms. The van der Waals surface area contributed by atoms with Crippen molar-refractivity contribution in [2.24, 2.45) is 7.05 Å². The van der Waals surface area contributed by atoms with Gasteiger partial charge in [0.2, 0.25) is 11.0 Å². The molecule has 0 amide bonds. The van der Waals surface area contributed by atoms with Crippen LogP contribution in [0.4, 0.5) is 0 Å². The number of benzene rings is 3. The van der Waals surface area contributed by atoms with Crippen molar-refractivity contribution >= 4 is 27.5 Å². The van der Waals surface area contributed by atoms with Gasteiger partial charge in [-0.05, 0) is 42.2 Å². The van der Waals surface area contributed by atoms with Gasteiger partial charge in [-0.1, -0.05) is 48.5 Å². The second kappa shape index (κ2) is 6.77. The highest BCUT2D eigenvalue weighted by molar-refractivity contribution is 5.93. The van der Waals surface area contributed by atoms with Gasteiger partial charge in [-0.3, -0.25) is 0 Å². The van der Waals surface area contributed by atoms with Crippen molar-refractivity contribution in [3.8, 4) is 0 Å². The molecule has 0 saturated heterocycles. The largest absolute Gasteiger partial charge is 0.321 e. The minimum Gasteiger partial charge on any atom is -0.321 e. The van der Waals surface area contributed by atoms with Gasteiger partial charge in [0.15, 0.2) is 0 Å². The molecule has 0 saturated carbocycles. The van der Waals surface area contributed by atoms with Crippen LogP contribution in [0, 0.1) is 0 Å². The van der Waals surface area contributed by atoms with E-state index in [4.69, 9.17) is 0 Å². The zero-order chi connectivity index (χ0) is 19.1. The van der Waals surface area contributed by atoms with Gasteiger partial charge in [0, 0.05) is 24.2 Å². The van der Waals surface area contributed by atoms with Crippen LogP contribution in [0.2, 0.25) is 0 Å². The lowest BCUT2D eigenvalue weighted by Gasteiger charge is -2.14. The Morgan fingerprint density at radius 2 is 1.43 bits per heavy atom. The normalized spacial score (nSPS) is 13.4. The minimum atomic E-state index is 0.751. The average Bonchev–Trinajstić information content (AvgIpc) is 3.06. The summed E-state index contributed by atoms with van der Waals surface area (Å²) in [7, 11) is 2.14. The van der Waals surface area contributed by atoms with Gasteiger partial charge < -0.3 is 5.43 Å². The molecule has 4 aromatic rings. The lowest BCUT2D eigenvalue weighted by atomic mass is 10.0. The summed E-state index contributed by atoms with van der Waals surface area (Å²) in [4.78, 5) is 0. The van der Waals surface area contributed by atoms with Crippen molar-refractivity contribution in [1.29, 1.82) is 0 Å². The Balaban J connectivity index is 1.51. The van der Waals surface area contributed by atoms with Crippen LogP contribution in [-0.4, -0.2) is 0 Å². The maximum absolute atomic E-state index is 3.50. The van der Waals surface area contributed by atoms with Crippen molar-refractivity contribution in [1.82, 2.24) is 10.9 Å². The molecule has 1 aliphatic rings. The molecule has 1 aromatic heterocycles. The van der Waals surface area contributed by atoms with Gasteiger partial charge in [-0.15, -0.1) is 0 Å². The summed E-state index contributed by atoms with van der Waals surface area (Å²) in [5.74, 6) is 0. The number of fused-ring (bicyclic) bond motifs is 3. The van der Waals surface area contributed by atoms with E-state index in [0.29, 0.717) is 0 Å². The van der Waals surface area contributed by atoms with Gasteiger partial charge in [0.25, 0.3) is 0 Å². The maximum atomic E-state index is 3.50. The third-order valence-corrected chi connectivity index (χ3v) is 5.83. The zero-order valence-electron chi connectivity index (χ0n) is 16.3. The van der Waals surface area contributed by atoms with Crippen LogP contribution < -0.4 is 15.4 Å². The van der Waals surface area contributed by atoms with Crippen LogP contribution in [0.1, 0.15) is 23.6 Å². The Morgan fingerprint density at radius 3 is 2.14 bits per heavy atom. The molecular formula is C25H24N3+. The summed E-state index contributed by atoms with van der Waals surface area (Å²) in [6, 6.07) is 25.9. The monoisotopic (exact) mass is 366 g/mol. The highest BCUT2D eigenvalue weighted by Gasteiger charge is 2.19. The van der Waals surface area contributed by atoms with Crippen LogP contribution >= 0.6 is 0 Å². The van der Waals surface area contributed by atoms with E-state index >= 15 is 0 Å². The molecule has 3 aromatic carbocycles. The summed E-state index contributed by atoms with van der Waals surface area (Å²) in [5, 5.41) is 2.58. The van der Waals surface area contributed by atoms with Gasteiger partial charge in [0.1, 0.15) is 7.05 Å². The Hall–Kier alpha value is -3.17. The van der Waals surface area contributed by atoms with Gasteiger partial charge in [0.05, 0.1) is 16.5 Å². The zero-order valence-corrected chi connectivity index (χ0v) is 16.3. The number of hydrogen-bond acceptors (Lipinski definition) is 2. The van der Waals surface area contributed by atoms with Crippen LogP contribution in [0.15, 0.2) is 78.4 Å². The number of para-hydroxylation sites is 2. The molecule has 0 aliphatic heterocycles. The Labute approximate surface area is 165 Å². The maximum Gasteiger partial charge on any atom is 0.213 e. The quantitative estimate of drug-likeness (QED) is 0.318. The molecular weight excluding hydrogens is 342 g/mol. The minimum absolute atomic E-state index is 0.751. The van der Waals surface area contributed by atoms with Crippen molar-refractivity contribution < 1.29 is 4.57 Å². The van der Waals surface area contributed by atoms with Crippen molar-refractivity contribution in [3.63, 3.8) is 0 Å². The topological polar surface area (TPSA) is 27.9 Å². The third-order valence-electron chi connectivity index (χ3n) is 5.83.